The highest BCUT2D eigenvalue weighted by Gasteiger charge is 2.31. The van der Waals surface area contributed by atoms with Crippen molar-refractivity contribution in [2.75, 3.05) is 27.9 Å². The first kappa shape index (κ1) is 20.1. The number of carbonyl (C=O) groups excluding carboxylic acids is 2. The zero-order valence-electron chi connectivity index (χ0n) is 14.6. The van der Waals surface area contributed by atoms with Crippen LogP contribution in [0.5, 0.6) is 17.2 Å². The lowest BCUT2D eigenvalue weighted by Crippen LogP contribution is -2.30. The zero-order chi connectivity index (χ0) is 19.3. The Hall–Kier alpha value is -2.26. The van der Waals surface area contributed by atoms with Crippen LogP contribution in [-0.4, -0.2) is 49.0 Å². The fourth-order valence-electron chi connectivity index (χ4n) is 2.41. The summed E-state index contributed by atoms with van der Waals surface area (Å²) in [4.78, 5) is 24.9. The predicted molar refractivity (Wildman–Crippen MR) is 100 cm³/mol. The van der Waals surface area contributed by atoms with Gasteiger partial charge in [0.1, 0.15) is 4.32 Å². The van der Waals surface area contributed by atoms with Gasteiger partial charge in [0.2, 0.25) is 5.75 Å². The van der Waals surface area contributed by atoms with Crippen molar-refractivity contribution in [3.05, 3.63) is 22.6 Å². The lowest BCUT2D eigenvalue weighted by atomic mass is 10.1. The number of hydrogen-bond acceptors (Lipinski definition) is 8. The van der Waals surface area contributed by atoms with Crippen molar-refractivity contribution in [3.8, 4) is 17.2 Å². The molecular weight excluding hydrogens is 378 g/mol. The molecule has 1 amide bonds. The molecule has 1 aromatic carbocycles. The van der Waals surface area contributed by atoms with Gasteiger partial charge in [0.15, 0.2) is 11.5 Å². The molecule has 0 N–H and O–H groups in total. The van der Waals surface area contributed by atoms with Crippen LogP contribution in [0, 0.1) is 0 Å². The van der Waals surface area contributed by atoms with E-state index < -0.39 is 5.97 Å². The van der Waals surface area contributed by atoms with E-state index in [1.54, 1.807) is 18.2 Å². The number of benzene rings is 1. The Morgan fingerprint density at radius 2 is 1.85 bits per heavy atom. The van der Waals surface area contributed by atoms with E-state index in [1.807, 2.05) is 0 Å². The van der Waals surface area contributed by atoms with Gasteiger partial charge in [-0.05, 0) is 36.6 Å². The highest BCUT2D eigenvalue weighted by atomic mass is 32.2. The third-order valence-electron chi connectivity index (χ3n) is 3.62. The minimum atomic E-state index is -1.15. The first-order valence-corrected chi connectivity index (χ1v) is 8.89. The summed E-state index contributed by atoms with van der Waals surface area (Å²) < 4.78 is 16.3. The van der Waals surface area contributed by atoms with Crippen molar-refractivity contribution >= 4 is 46.3 Å². The van der Waals surface area contributed by atoms with Gasteiger partial charge in [-0.25, -0.2) is 0 Å². The molecule has 26 heavy (non-hydrogen) atoms. The first-order valence-electron chi connectivity index (χ1n) is 7.66. The van der Waals surface area contributed by atoms with E-state index in [0.717, 1.165) is 0 Å². The molecule has 0 bridgehead atoms. The van der Waals surface area contributed by atoms with Crippen molar-refractivity contribution in [3.63, 3.8) is 0 Å². The molecule has 1 fully saturated rings. The topological polar surface area (TPSA) is 88.1 Å². The third-order valence-corrected chi connectivity index (χ3v) is 5.00. The molecule has 0 radical (unpaired) electrons. The van der Waals surface area contributed by atoms with Crippen LogP contribution in [0.15, 0.2) is 17.0 Å². The molecule has 1 heterocycles. The Morgan fingerprint density at radius 3 is 2.35 bits per heavy atom. The fraction of sp³-hybridized carbons (Fsp3) is 0.353. The van der Waals surface area contributed by atoms with E-state index in [2.05, 4.69) is 0 Å². The molecule has 0 unspecified atom stereocenters. The van der Waals surface area contributed by atoms with Gasteiger partial charge < -0.3 is 24.1 Å². The molecule has 7 nitrogen and oxygen atoms in total. The number of thiocarbonyl (C=S) groups is 1. The number of aliphatic carboxylic acids is 1. The van der Waals surface area contributed by atoms with E-state index in [0.29, 0.717) is 32.0 Å². The van der Waals surface area contributed by atoms with E-state index in [-0.39, 0.29) is 25.3 Å². The van der Waals surface area contributed by atoms with Crippen LogP contribution < -0.4 is 19.3 Å². The molecule has 1 saturated heterocycles. The normalized spacial score (nSPS) is 15.5. The van der Waals surface area contributed by atoms with Crippen LogP contribution >= 0.6 is 24.0 Å². The zero-order valence-corrected chi connectivity index (χ0v) is 16.2. The average molecular weight is 396 g/mol. The number of carboxylic acids is 1. The number of methoxy groups -OCH3 is 3. The molecule has 0 aliphatic carbocycles. The van der Waals surface area contributed by atoms with Gasteiger partial charge >= 0.3 is 0 Å². The van der Waals surface area contributed by atoms with Gasteiger partial charge in [-0.3, -0.25) is 9.69 Å². The number of amides is 1. The van der Waals surface area contributed by atoms with Gasteiger partial charge in [-0.15, -0.1) is 0 Å². The summed E-state index contributed by atoms with van der Waals surface area (Å²) in [6, 6.07) is 3.45. The molecule has 0 saturated carbocycles. The minimum Gasteiger partial charge on any atom is -0.550 e. The second kappa shape index (κ2) is 8.91. The van der Waals surface area contributed by atoms with E-state index in [1.165, 1.54) is 38.0 Å². The van der Waals surface area contributed by atoms with Crippen LogP contribution in [-0.2, 0) is 9.59 Å². The van der Waals surface area contributed by atoms with Crippen molar-refractivity contribution in [1.82, 2.24) is 4.90 Å². The summed E-state index contributed by atoms with van der Waals surface area (Å²) in [7, 11) is 4.54. The fourth-order valence-corrected chi connectivity index (χ4v) is 3.72. The Labute approximate surface area is 160 Å². The van der Waals surface area contributed by atoms with Crippen molar-refractivity contribution < 1.29 is 28.9 Å². The van der Waals surface area contributed by atoms with Gasteiger partial charge in [-0.2, -0.15) is 0 Å². The summed E-state index contributed by atoms with van der Waals surface area (Å²) in [6.45, 7) is 0.241. The SMILES string of the molecule is COc1cc(/C=C2\SC(=S)N(CCCC(=O)[O-])C2=O)cc(OC)c1OC. The Morgan fingerprint density at radius 1 is 1.23 bits per heavy atom. The van der Waals surface area contributed by atoms with Gasteiger partial charge in [0.05, 0.1) is 26.2 Å². The molecule has 0 spiro atoms. The van der Waals surface area contributed by atoms with Gasteiger partial charge in [-0.1, -0.05) is 24.0 Å². The lowest BCUT2D eigenvalue weighted by molar-refractivity contribution is -0.305. The largest absolute Gasteiger partial charge is 0.550 e. The Balaban J connectivity index is 2.25. The van der Waals surface area contributed by atoms with Crippen LogP contribution in [0.1, 0.15) is 18.4 Å². The number of nitrogens with zero attached hydrogens (tertiary/aromatic N) is 1. The molecule has 0 atom stereocenters. The molecule has 9 heteroatoms. The van der Waals surface area contributed by atoms with E-state index in [4.69, 9.17) is 26.4 Å². The number of ether oxygens (including phenoxy) is 3. The summed E-state index contributed by atoms with van der Waals surface area (Å²) in [5.74, 6) is 0.00237. The van der Waals surface area contributed by atoms with E-state index in [9.17, 15) is 14.7 Å². The van der Waals surface area contributed by atoms with Crippen molar-refractivity contribution in [2.45, 2.75) is 12.8 Å². The number of carbonyl (C=O) groups is 2. The molecule has 1 aliphatic heterocycles. The second-order valence-corrected chi connectivity index (χ2v) is 6.94. The highest BCUT2D eigenvalue weighted by molar-refractivity contribution is 8.26. The van der Waals surface area contributed by atoms with Crippen LogP contribution in [0.3, 0.4) is 0 Å². The Kier molecular flexibility index (Phi) is 6.87. The first-order chi connectivity index (χ1) is 12.4. The molecular formula is C17H18NO6S2-. The van der Waals surface area contributed by atoms with Crippen molar-refractivity contribution in [1.29, 1.82) is 0 Å². The van der Waals surface area contributed by atoms with Gasteiger partial charge in [0, 0.05) is 12.5 Å². The third kappa shape index (κ3) is 4.47. The molecule has 140 valence electrons. The molecule has 2 rings (SSSR count). The van der Waals surface area contributed by atoms with Gasteiger partial charge in [0.25, 0.3) is 5.91 Å². The summed E-state index contributed by atoms with van der Waals surface area (Å²) in [6.07, 6.45) is 1.84. The summed E-state index contributed by atoms with van der Waals surface area (Å²) >= 11 is 6.39. The van der Waals surface area contributed by atoms with Crippen LogP contribution in [0.25, 0.3) is 6.08 Å². The smallest absolute Gasteiger partial charge is 0.266 e. The summed E-state index contributed by atoms with van der Waals surface area (Å²) in [5.41, 5.74) is 0.690. The predicted octanol–water partition coefficient (Wildman–Crippen LogP) is 1.44. The lowest BCUT2D eigenvalue weighted by Gasteiger charge is -2.14. The standard InChI is InChI=1S/C17H19NO6S2/c1-22-11-7-10(8-12(23-2)15(11)24-3)9-13-16(21)18(17(25)26-13)6-4-5-14(19)20/h7-9H,4-6H2,1-3H3,(H,19,20)/p-1/b13-9-. The quantitative estimate of drug-likeness (QED) is 0.482. The Bertz CT molecular complexity index is 737. The number of thioether (sulfide) groups is 1. The van der Waals surface area contributed by atoms with E-state index >= 15 is 0 Å². The monoisotopic (exact) mass is 396 g/mol. The van der Waals surface area contributed by atoms with Crippen molar-refractivity contribution in [2.24, 2.45) is 0 Å². The minimum absolute atomic E-state index is 0.122. The maximum Gasteiger partial charge on any atom is 0.266 e. The van der Waals surface area contributed by atoms with Crippen LogP contribution in [0.2, 0.25) is 0 Å². The number of hydrogen-bond donors (Lipinski definition) is 0. The summed E-state index contributed by atoms with van der Waals surface area (Å²) in [5, 5.41) is 10.5. The maximum atomic E-state index is 12.5. The van der Waals surface area contributed by atoms with Crippen LogP contribution in [0.4, 0.5) is 0 Å². The molecule has 1 aromatic rings. The molecule has 0 aromatic heterocycles. The maximum absolute atomic E-state index is 12.5. The second-order valence-electron chi connectivity index (χ2n) is 5.27. The average Bonchev–Trinajstić information content (AvgIpc) is 2.87. The number of rotatable bonds is 8. The number of carboxylic acid groups (broad SMARTS) is 1. The highest BCUT2D eigenvalue weighted by Crippen LogP contribution is 2.40. The molecule has 1 aliphatic rings.